The van der Waals surface area contributed by atoms with E-state index >= 15 is 0 Å². The van der Waals surface area contributed by atoms with Gasteiger partial charge < -0.3 is 10.8 Å². The van der Waals surface area contributed by atoms with Gasteiger partial charge in [0.25, 0.3) is 0 Å². The van der Waals surface area contributed by atoms with Crippen LogP contribution in [0.2, 0.25) is 5.02 Å². The molecule has 0 aliphatic carbocycles. The van der Waals surface area contributed by atoms with Gasteiger partial charge in [-0.25, -0.2) is 0 Å². The second-order valence-electron chi connectivity index (χ2n) is 5.04. The van der Waals surface area contributed by atoms with E-state index in [9.17, 15) is 4.79 Å². The maximum atomic E-state index is 11.0. The van der Waals surface area contributed by atoms with Gasteiger partial charge in [-0.3, -0.25) is 4.79 Å². The smallest absolute Gasteiger partial charge is 0.321 e. The normalized spacial score (nSPS) is 13.6. The molecule has 6 heteroatoms. The van der Waals surface area contributed by atoms with Crippen LogP contribution in [0.1, 0.15) is 18.7 Å². The van der Waals surface area contributed by atoms with Gasteiger partial charge in [0.05, 0.1) is 5.02 Å². The molecular weight excluding hydrogens is 314 g/mol. The Balaban J connectivity index is 2.17. The van der Waals surface area contributed by atoms with Gasteiger partial charge in [-0.1, -0.05) is 29.8 Å². The topological polar surface area (TPSA) is 63.3 Å². The van der Waals surface area contributed by atoms with Gasteiger partial charge in [0, 0.05) is 25.5 Å². The van der Waals surface area contributed by atoms with Crippen LogP contribution < -0.4 is 5.73 Å². The Hall–Kier alpha value is -0.750. The second kappa shape index (κ2) is 5.93. The molecule has 0 fully saturated rings. The molecule has 2 aromatic rings. The van der Waals surface area contributed by atoms with Crippen molar-refractivity contribution in [2.24, 2.45) is 5.73 Å². The fourth-order valence-electron chi connectivity index (χ4n) is 1.80. The van der Waals surface area contributed by atoms with E-state index in [2.05, 4.69) is 0 Å². The number of thiophene rings is 1. The molecule has 0 saturated carbocycles. The molecule has 1 aromatic heterocycles. The monoisotopic (exact) mass is 329 g/mol. The van der Waals surface area contributed by atoms with Crippen LogP contribution in [0.15, 0.2) is 24.3 Å². The lowest BCUT2D eigenvalue weighted by Crippen LogP contribution is -2.46. The zero-order valence-electron chi connectivity index (χ0n) is 11.2. The zero-order valence-corrected chi connectivity index (χ0v) is 13.6. The summed E-state index contributed by atoms with van der Waals surface area (Å²) in [5.41, 5.74) is 5.72. The number of nitrogens with two attached hydrogens (primary N) is 1. The molecule has 1 aromatic carbocycles. The van der Waals surface area contributed by atoms with Gasteiger partial charge in [-0.2, -0.15) is 0 Å². The molecule has 108 valence electrons. The average molecular weight is 330 g/mol. The summed E-state index contributed by atoms with van der Waals surface area (Å²) in [6.45, 7) is 3.69. The van der Waals surface area contributed by atoms with Gasteiger partial charge in [0.15, 0.2) is 0 Å². The van der Waals surface area contributed by atoms with E-state index in [1.54, 1.807) is 11.3 Å². The maximum absolute atomic E-state index is 11.0. The number of hydrogen-bond acceptors (Lipinski definition) is 4. The minimum Gasteiger partial charge on any atom is -0.480 e. The van der Waals surface area contributed by atoms with Gasteiger partial charge in [-0.15, -0.1) is 23.1 Å². The molecule has 0 amide bonds. The van der Waals surface area contributed by atoms with Gasteiger partial charge in [0.2, 0.25) is 0 Å². The van der Waals surface area contributed by atoms with Crippen molar-refractivity contribution in [2.45, 2.75) is 30.4 Å². The van der Waals surface area contributed by atoms with Crippen LogP contribution >= 0.6 is 34.7 Å². The fourth-order valence-corrected chi connectivity index (χ4v) is 4.51. The van der Waals surface area contributed by atoms with E-state index in [0.29, 0.717) is 5.75 Å². The second-order valence-corrected chi connectivity index (χ2v) is 8.19. The lowest BCUT2D eigenvalue weighted by Gasteiger charge is -2.27. The minimum absolute atomic E-state index is 0.550. The van der Waals surface area contributed by atoms with Crippen LogP contribution in [0, 0.1) is 0 Å². The molecule has 3 N–H and O–H groups in total. The number of thioether (sulfide) groups is 1. The molecule has 1 heterocycles. The van der Waals surface area contributed by atoms with Crippen molar-refractivity contribution in [3.8, 4) is 0 Å². The Morgan fingerprint density at radius 1 is 1.50 bits per heavy atom. The average Bonchev–Trinajstić information content (AvgIpc) is 2.73. The molecule has 0 aliphatic rings. The maximum Gasteiger partial charge on any atom is 0.321 e. The van der Waals surface area contributed by atoms with Crippen molar-refractivity contribution in [1.29, 1.82) is 0 Å². The summed E-state index contributed by atoms with van der Waals surface area (Å²) in [5, 5.41) is 10.8. The number of aliphatic carboxylic acids is 1. The molecule has 0 spiro atoms. The highest BCUT2D eigenvalue weighted by Gasteiger charge is 2.32. The van der Waals surface area contributed by atoms with Crippen LogP contribution in [0.4, 0.5) is 0 Å². The van der Waals surface area contributed by atoms with E-state index in [-0.39, 0.29) is 0 Å². The Labute approximate surface area is 131 Å². The number of carboxylic acids is 1. The first-order valence-electron chi connectivity index (χ1n) is 6.11. The first-order chi connectivity index (χ1) is 9.33. The van der Waals surface area contributed by atoms with E-state index in [4.69, 9.17) is 22.4 Å². The Bertz CT molecular complexity index is 639. The fraction of sp³-hybridized carbons (Fsp3) is 0.357. The summed E-state index contributed by atoms with van der Waals surface area (Å²) in [5.74, 6) is -0.323. The van der Waals surface area contributed by atoms with Gasteiger partial charge in [-0.05, 0) is 19.9 Å². The van der Waals surface area contributed by atoms with Gasteiger partial charge >= 0.3 is 5.97 Å². The summed E-state index contributed by atoms with van der Waals surface area (Å²) in [4.78, 5) is 12.1. The highest BCUT2D eigenvalue weighted by atomic mass is 35.5. The summed E-state index contributed by atoms with van der Waals surface area (Å²) in [6.07, 6.45) is 0. The third-order valence-electron chi connectivity index (χ3n) is 3.19. The SMILES string of the molecule is CC(C)(SCc1sc2ccccc2c1Cl)[C@H](N)C(=O)O. The minimum atomic E-state index is -0.982. The Morgan fingerprint density at radius 2 is 2.15 bits per heavy atom. The largest absolute Gasteiger partial charge is 0.480 e. The number of carbonyl (C=O) groups is 1. The van der Waals surface area contributed by atoms with E-state index < -0.39 is 16.8 Å². The first-order valence-corrected chi connectivity index (χ1v) is 8.29. The molecule has 0 bridgehead atoms. The quantitative estimate of drug-likeness (QED) is 0.871. The highest BCUT2D eigenvalue weighted by molar-refractivity contribution is 8.00. The molecule has 20 heavy (non-hydrogen) atoms. The van der Waals surface area contributed by atoms with Crippen molar-refractivity contribution in [1.82, 2.24) is 0 Å². The molecule has 1 atom stereocenters. The van der Waals surface area contributed by atoms with Crippen molar-refractivity contribution in [3.05, 3.63) is 34.2 Å². The van der Waals surface area contributed by atoms with Crippen molar-refractivity contribution >= 4 is 50.8 Å². The third-order valence-corrected chi connectivity index (χ3v) is 6.52. The van der Waals surface area contributed by atoms with Crippen molar-refractivity contribution in [3.63, 3.8) is 0 Å². The predicted molar refractivity (Wildman–Crippen MR) is 87.8 cm³/mol. The van der Waals surface area contributed by atoms with Crippen molar-refractivity contribution < 1.29 is 9.90 Å². The summed E-state index contributed by atoms with van der Waals surface area (Å²) in [6, 6.07) is 7.07. The standard InChI is InChI=1S/C14H16ClNO2S2/c1-14(2,12(16)13(17)18)19-7-10-11(15)8-5-3-4-6-9(8)20-10/h3-6,12H,7,16H2,1-2H3,(H,17,18)/t12-/m1/s1. The molecule has 0 radical (unpaired) electrons. The lowest BCUT2D eigenvalue weighted by atomic mass is 10.1. The molecule has 3 nitrogen and oxygen atoms in total. The molecule has 2 rings (SSSR count). The molecular formula is C14H16ClNO2S2. The van der Waals surface area contributed by atoms with E-state index in [1.807, 2.05) is 38.1 Å². The molecule has 0 aliphatic heterocycles. The molecule has 0 saturated heterocycles. The number of hydrogen-bond donors (Lipinski definition) is 2. The zero-order chi connectivity index (χ0) is 14.9. The number of benzene rings is 1. The number of carboxylic acid groups (broad SMARTS) is 1. The van der Waals surface area contributed by atoms with Crippen LogP contribution in [0.5, 0.6) is 0 Å². The number of halogens is 1. The van der Waals surface area contributed by atoms with Gasteiger partial charge in [0.1, 0.15) is 6.04 Å². The predicted octanol–water partition coefficient (Wildman–Crippen LogP) is 3.98. The molecule has 0 unspecified atom stereocenters. The summed E-state index contributed by atoms with van der Waals surface area (Å²) < 4.78 is 0.596. The van der Waals surface area contributed by atoms with Crippen LogP contribution in [0.25, 0.3) is 10.1 Å². The lowest BCUT2D eigenvalue weighted by molar-refractivity contribution is -0.139. The van der Waals surface area contributed by atoms with Crippen LogP contribution in [-0.4, -0.2) is 21.9 Å². The number of rotatable bonds is 5. The Morgan fingerprint density at radius 3 is 2.75 bits per heavy atom. The summed E-state index contributed by atoms with van der Waals surface area (Å²) >= 11 is 9.54. The van der Waals surface area contributed by atoms with Crippen molar-refractivity contribution in [2.75, 3.05) is 0 Å². The highest BCUT2D eigenvalue weighted by Crippen LogP contribution is 2.40. The van der Waals surface area contributed by atoms with Crippen LogP contribution in [-0.2, 0) is 10.5 Å². The summed E-state index contributed by atoms with van der Waals surface area (Å²) in [7, 11) is 0. The first kappa shape index (κ1) is 15.6. The van der Waals surface area contributed by atoms with Crippen LogP contribution in [0.3, 0.4) is 0 Å². The van der Waals surface area contributed by atoms with E-state index in [0.717, 1.165) is 20.0 Å². The Kier molecular flexibility index (Phi) is 4.64. The third kappa shape index (κ3) is 3.11. The number of fused-ring (bicyclic) bond motifs is 1. The van der Waals surface area contributed by atoms with E-state index in [1.165, 1.54) is 11.8 Å².